The Balaban J connectivity index is 1.88. The number of benzene rings is 1. The molecule has 0 aliphatic heterocycles. The Morgan fingerprint density at radius 2 is 1.48 bits per heavy atom. The monoisotopic (exact) mass is 371 g/mol. The van der Waals surface area contributed by atoms with Crippen LogP contribution in [-0.2, 0) is 9.59 Å². The molecule has 0 atom stereocenters. The van der Waals surface area contributed by atoms with E-state index >= 15 is 0 Å². The van der Waals surface area contributed by atoms with Crippen molar-refractivity contribution in [1.82, 2.24) is 5.32 Å². The van der Waals surface area contributed by atoms with E-state index in [-0.39, 0.29) is 18.0 Å². The number of primary amides is 1. The lowest BCUT2D eigenvalue weighted by molar-refractivity contribution is -0.136. The van der Waals surface area contributed by atoms with Gasteiger partial charge in [-0.3, -0.25) is 14.4 Å². The number of nitrogens with one attached hydrogen (secondary N) is 1. The van der Waals surface area contributed by atoms with Crippen molar-refractivity contribution in [3.63, 3.8) is 0 Å². The first-order valence-electron chi connectivity index (χ1n) is 10.1. The van der Waals surface area contributed by atoms with Gasteiger partial charge in [0.2, 0.25) is 0 Å². The van der Waals surface area contributed by atoms with Crippen molar-refractivity contribution < 1.29 is 14.4 Å². The Hall–Kier alpha value is -2.37. The zero-order valence-electron chi connectivity index (χ0n) is 15.8. The molecule has 2 saturated carbocycles. The maximum absolute atomic E-state index is 12.9. The van der Waals surface area contributed by atoms with Gasteiger partial charge in [-0.25, -0.2) is 0 Å². The first-order valence-corrected chi connectivity index (χ1v) is 10.1. The van der Waals surface area contributed by atoms with Crippen molar-refractivity contribution in [2.24, 2.45) is 5.73 Å². The van der Waals surface area contributed by atoms with E-state index in [1.54, 1.807) is 24.3 Å². The highest BCUT2D eigenvalue weighted by Gasteiger charge is 2.32. The lowest BCUT2D eigenvalue weighted by Gasteiger charge is -2.34. The van der Waals surface area contributed by atoms with Gasteiger partial charge in [0, 0.05) is 12.1 Å². The minimum Gasteiger partial charge on any atom is -0.361 e. The van der Waals surface area contributed by atoms with Crippen molar-refractivity contribution in [2.75, 3.05) is 4.90 Å². The molecule has 27 heavy (non-hydrogen) atoms. The largest absolute Gasteiger partial charge is 0.361 e. The summed E-state index contributed by atoms with van der Waals surface area (Å²) in [4.78, 5) is 38.7. The molecular formula is C21H29N3O3. The predicted molar refractivity (Wildman–Crippen MR) is 104 cm³/mol. The Morgan fingerprint density at radius 1 is 0.889 bits per heavy atom. The third-order valence-corrected chi connectivity index (χ3v) is 5.72. The molecule has 0 heterocycles. The van der Waals surface area contributed by atoms with E-state index in [2.05, 4.69) is 5.32 Å². The van der Waals surface area contributed by atoms with Gasteiger partial charge in [-0.15, -0.1) is 0 Å². The number of carbonyl (C=O) groups excluding carboxylic acids is 3. The summed E-state index contributed by atoms with van der Waals surface area (Å²) in [5.41, 5.74) is 6.25. The predicted octanol–water partition coefficient (Wildman–Crippen LogP) is 2.90. The number of nitrogens with zero attached hydrogens (tertiary/aromatic N) is 1. The standard InChI is InChI=1S/C21H29N3O3/c22-19(25)21(27)24(16-11-5-2-6-12-16)18-14-8-7-13-17(18)20(26)23-15-9-3-1-4-10-15/h7-8,13-16H,1-6,9-12H2,(H2,22,25)(H,23,26). The SMILES string of the molecule is NC(=O)C(=O)N(c1ccccc1C(=O)NC1CCCCC1)C1CCCCC1. The lowest BCUT2D eigenvalue weighted by Crippen LogP contribution is -2.48. The van der Waals surface area contributed by atoms with E-state index in [1.807, 2.05) is 0 Å². The average molecular weight is 371 g/mol. The second kappa shape index (κ2) is 9.02. The Morgan fingerprint density at radius 3 is 2.11 bits per heavy atom. The number of anilines is 1. The van der Waals surface area contributed by atoms with Gasteiger partial charge in [0.05, 0.1) is 11.3 Å². The van der Waals surface area contributed by atoms with Crippen LogP contribution < -0.4 is 16.0 Å². The van der Waals surface area contributed by atoms with Crippen LogP contribution >= 0.6 is 0 Å². The fourth-order valence-electron chi connectivity index (χ4n) is 4.32. The van der Waals surface area contributed by atoms with E-state index in [1.165, 1.54) is 11.3 Å². The molecule has 2 aliphatic carbocycles. The van der Waals surface area contributed by atoms with Gasteiger partial charge in [0.1, 0.15) is 0 Å². The molecule has 0 bridgehead atoms. The molecule has 3 N–H and O–H groups in total. The zero-order valence-corrected chi connectivity index (χ0v) is 15.8. The first kappa shape index (κ1) is 19.4. The smallest absolute Gasteiger partial charge is 0.316 e. The molecule has 1 aromatic carbocycles. The molecule has 146 valence electrons. The number of amides is 3. The highest BCUT2D eigenvalue weighted by Crippen LogP contribution is 2.30. The van der Waals surface area contributed by atoms with Crippen molar-refractivity contribution in [3.8, 4) is 0 Å². The summed E-state index contributed by atoms with van der Waals surface area (Å²) >= 11 is 0. The lowest BCUT2D eigenvalue weighted by atomic mass is 9.92. The molecule has 0 spiro atoms. The molecule has 1 aromatic rings. The van der Waals surface area contributed by atoms with Crippen LogP contribution in [0.2, 0.25) is 0 Å². The molecule has 6 heteroatoms. The van der Waals surface area contributed by atoms with Crippen LogP contribution in [0.25, 0.3) is 0 Å². The zero-order chi connectivity index (χ0) is 19.2. The number of carbonyl (C=O) groups is 3. The van der Waals surface area contributed by atoms with E-state index in [0.29, 0.717) is 11.3 Å². The van der Waals surface area contributed by atoms with Gasteiger partial charge in [0.25, 0.3) is 5.91 Å². The molecule has 0 aromatic heterocycles. The van der Waals surface area contributed by atoms with Crippen LogP contribution in [0.3, 0.4) is 0 Å². The molecule has 6 nitrogen and oxygen atoms in total. The van der Waals surface area contributed by atoms with Gasteiger partial charge in [-0.2, -0.15) is 0 Å². The summed E-state index contributed by atoms with van der Waals surface area (Å²) in [6.07, 6.45) is 10.2. The summed E-state index contributed by atoms with van der Waals surface area (Å²) < 4.78 is 0. The van der Waals surface area contributed by atoms with Crippen molar-refractivity contribution in [2.45, 2.75) is 76.3 Å². The van der Waals surface area contributed by atoms with Crippen molar-refractivity contribution in [3.05, 3.63) is 29.8 Å². The number of hydrogen-bond donors (Lipinski definition) is 2. The van der Waals surface area contributed by atoms with E-state index < -0.39 is 11.8 Å². The third-order valence-electron chi connectivity index (χ3n) is 5.72. The highest BCUT2D eigenvalue weighted by molar-refractivity contribution is 6.40. The van der Waals surface area contributed by atoms with E-state index in [4.69, 9.17) is 5.73 Å². The number of nitrogens with two attached hydrogens (primary N) is 1. The molecule has 2 aliphatic rings. The van der Waals surface area contributed by atoms with E-state index in [0.717, 1.165) is 57.8 Å². The molecular weight excluding hydrogens is 342 g/mol. The van der Waals surface area contributed by atoms with Crippen molar-refractivity contribution >= 4 is 23.4 Å². The molecule has 3 amide bonds. The number of hydrogen-bond acceptors (Lipinski definition) is 3. The topological polar surface area (TPSA) is 92.5 Å². The molecule has 0 unspecified atom stereocenters. The summed E-state index contributed by atoms with van der Waals surface area (Å²) in [5.74, 6) is -1.90. The van der Waals surface area contributed by atoms with Gasteiger partial charge < -0.3 is 16.0 Å². The molecule has 2 fully saturated rings. The fraction of sp³-hybridized carbons (Fsp3) is 0.571. The normalized spacial score (nSPS) is 18.7. The number of para-hydroxylation sites is 1. The summed E-state index contributed by atoms with van der Waals surface area (Å²) in [5, 5.41) is 3.11. The minimum absolute atomic E-state index is 0.0950. The third kappa shape index (κ3) is 4.67. The quantitative estimate of drug-likeness (QED) is 0.797. The summed E-state index contributed by atoms with van der Waals surface area (Å²) in [6.45, 7) is 0. The minimum atomic E-state index is -0.983. The Labute approximate surface area is 160 Å². The average Bonchev–Trinajstić information content (AvgIpc) is 2.70. The van der Waals surface area contributed by atoms with Crippen LogP contribution in [0.1, 0.15) is 74.6 Å². The van der Waals surface area contributed by atoms with Crippen LogP contribution in [0.4, 0.5) is 5.69 Å². The maximum atomic E-state index is 12.9. The van der Waals surface area contributed by atoms with Gasteiger partial charge in [-0.05, 0) is 37.8 Å². The number of rotatable bonds is 4. The molecule has 3 rings (SSSR count). The summed E-state index contributed by atoms with van der Waals surface area (Å²) in [7, 11) is 0. The second-order valence-electron chi connectivity index (χ2n) is 7.66. The van der Waals surface area contributed by atoms with Crippen LogP contribution in [0.15, 0.2) is 24.3 Å². The van der Waals surface area contributed by atoms with Gasteiger partial charge >= 0.3 is 11.8 Å². The highest BCUT2D eigenvalue weighted by atomic mass is 16.2. The van der Waals surface area contributed by atoms with E-state index in [9.17, 15) is 14.4 Å². The van der Waals surface area contributed by atoms with Crippen LogP contribution in [0.5, 0.6) is 0 Å². The van der Waals surface area contributed by atoms with Crippen molar-refractivity contribution in [1.29, 1.82) is 0 Å². The Kier molecular flexibility index (Phi) is 6.48. The Bertz CT molecular complexity index is 692. The van der Waals surface area contributed by atoms with Gasteiger partial charge in [0.15, 0.2) is 0 Å². The second-order valence-corrected chi connectivity index (χ2v) is 7.66. The molecule has 0 saturated heterocycles. The van der Waals surface area contributed by atoms with Gasteiger partial charge in [-0.1, -0.05) is 50.7 Å². The fourth-order valence-corrected chi connectivity index (χ4v) is 4.32. The molecule has 0 radical (unpaired) electrons. The summed E-state index contributed by atoms with van der Waals surface area (Å²) in [6, 6.07) is 7.11. The first-order chi connectivity index (χ1) is 13.1. The maximum Gasteiger partial charge on any atom is 0.316 e. The van der Waals surface area contributed by atoms with Crippen LogP contribution in [-0.4, -0.2) is 29.8 Å². The van der Waals surface area contributed by atoms with Crippen LogP contribution in [0, 0.1) is 0 Å².